The first-order valence-electron chi connectivity index (χ1n) is 6.86. The Kier molecular flexibility index (Phi) is 9.41. The Morgan fingerprint density at radius 3 is 2.05 bits per heavy atom. The molecule has 0 aromatic heterocycles. The highest BCUT2D eigenvalue weighted by Crippen LogP contribution is 2.13. The fourth-order valence-corrected chi connectivity index (χ4v) is 1.78. The number of carbonyl (C=O) groups excluding carboxylic acids is 2. The molecule has 0 bridgehead atoms. The molecule has 4 N–H and O–H groups in total. The van der Waals surface area contributed by atoms with Crippen molar-refractivity contribution in [2.75, 3.05) is 19.6 Å². The maximum atomic E-state index is 12.0. The van der Waals surface area contributed by atoms with Crippen LogP contribution in [0.4, 0.5) is 0 Å². The third kappa shape index (κ3) is 6.60. The second-order valence-electron chi connectivity index (χ2n) is 4.94. The van der Waals surface area contributed by atoms with Gasteiger partial charge in [0.25, 0.3) is 0 Å². The summed E-state index contributed by atoms with van der Waals surface area (Å²) >= 11 is 0. The summed E-state index contributed by atoms with van der Waals surface area (Å²) in [7, 11) is 0. The molecule has 1 aromatic carbocycles. The third-order valence-electron chi connectivity index (χ3n) is 3.00. The number of hydrogen-bond donors (Lipinski definition) is 3. The van der Waals surface area contributed by atoms with Crippen LogP contribution >= 0.6 is 12.4 Å². The first kappa shape index (κ1) is 19.4. The van der Waals surface area contributed by atoms with Crippen molar-refractivity contribution in [2.45, 2.75) is 19.8 Å². The lowest BCUT2D eigenvalue weighted by Gasteiger charge is -2.15. The van der Waals surface area contributed by atoms with E-state index in [9.17, 15) is 9.59 Å². The van der Waals surface area contributed by atoms with Gasteiger partial charge in [0.05, 0.1) is 5.92 Å². The fourth-order valence-electron chi connectivity index (χ4n) is 1.78. The molecule has 1 atom stereocenters. The van der Waals surface area contributed by atoms with E-state index < -0.39 is 0 Å². The number of halogens is 1. The van der Waals surface area contributed by atoms with Crippen LogP contribution in [-0.4, -0.2) is 31.4 Å². The van der Waals surface area contributed by atoms with E-state index >= 15 is 0 Å². The number of amides is 2. The van der Waals surface area contributed by atoms with E-state index in [0.29, 0.717) is 13.1 Å². The molecule has 0 saturated heterocycles. The fraction of sp³-hybridized carbons (Fsp3) is 0.467. The van der Waals surface area contributed by atoms with Gasteiger partial charge < -0.3 is 16.4 Å². The molecular weight excluding hydrogens is 290 g/mol. The predicted octanol–water partition coefficient (Wildman–Crippen LogP) is 1.04. The number of rotatable bonds is 7. The SMILES string of the molecule is CC(C)C(=O)NCCNC(=O)C(CN)c1ccccc1.Cl. The van der Waals surface area contributed by atoms with Gasteiger partial charge in [-0.2, -0.15) is 0 Å². The van der Waals surface area contributed by atoms with Gasteiger partial charge in [0, 0.05) is 25.6 Å². The van der Waals surface area contributed by atoms with Crippen LogP contribution in [0.25, 0.3) is 0 Å². The van der Waals surface area contributed by atoms with Crippen molar-refractivity contribution in [3.8, 4) is 0 Å². The Labute approximate surface area is 132 Å². The van der Waals surface area contributed by atoms with Crippen molar-refractivity contribution in [3.63, 3.8) is 0 Å². The van der Waals surface area contributed by atoms with Crippen molar-refractivity contribution in [1.29, 1.82) is 0 Å². The lowest BCUT2D eigenvalue weighted by atomic mass is 9.98. The highest BCUT2D eigenvalue weighted by molar-refractivity contribution is 5.85. The van der Waals surface area contributed by atoms with Crippen LogP contribution in [0.5, 0.6) is 0 Å². The molecule has 0 heterocycles. The van der Waals surface area contributed by atoms with Crippen molar-refractivity contribution in [1.82, 2.24) is 10.6 Å². The third-order valence-corrected chi connectivity index (χ3v) is 3.00. The molecule has 21 heavy (non-hydrogen) atoms. The van der Waals surface area contributed by atoms with E-state index in [0.717, 1.165) is 5.56 Å². The van der Waals surface area contributed by atoms with E-state index in [4.69, 9.17) is 5.73 Å². The number of nitrogens with two attached hydrogens (primary N) is 1. The summed E-state index contributed by atoms with van der Waals surface area (Å²) < 4.78 is 0. The van der Waals surface area contributed by atoms with Crippen LogP contribution in [-0.2, 0) is 9.59 Å². The number of carbonyl (C=O) groups is 2. The Bertz CT molecular complexity index is 438. The highest BCUT2D eigenvalue weighted by Gasteiger charge is 2.18. The van der Waals surface area contributed by atoms with Crippen molar-refractivity contribution < 1.29 is 9.59 Å². The molecule has 0 aliphatic carbocycles. The normalized spacial score (nSPS) is 11.4. The summed E-state index contributed by atoms with van der Waals surface area (Å²) in [5.41, 5.74) is 6.57. The molecule has 118 valence electrons. The molecule has 1 rings (SSSR count). The molecule has 0 radical (unpaired) electrons. The van der Waals surface area contributed by atoms with Gasteiger partial charge in [0.15, 0.2) is 0 Å². The van der Waals surface area contributed by atoms with Crippen LogP contribution in [0, 0.1) is 5.92 Å². The molecule has 0 saturated carbocycles. The first-order valence-corrected chi connectivity index (χ1v) is 6.86. The van der Waals surface area contributed by atoms with Gasteiger partial charge in [0.2, 0.25) is 11.8 Å². The molecule has 0 fully saturated rings. The van der Waals surface area contributed by atoms with E-state index in [1.807, 2.05) is 44.2 Å². The number of benzene rings is 1. The topological polar surface area (TPSA) is 84.2 Å². The molecule has 0 aliphatic rings. The van der Waals surface area contributed by atoms with Crippen LogP contribution in [0.15, 0.2) is 30.3 Å². The van der Waals surface area contributed by atoms with Crippen LogP contribution in [0.3, 0.4) is 0 Å². The highest BCUT2D eigenvalue weighted by atomic mass is 35.5. The van der Waals surface area contributed by atoms with E-state index in [1.165, 1.54) is 0 Å². The molecule has 0 spiro atoms. The number of nitrogens with one attached hydrogen (secondary N) is 2. The lowest BCUT2D eigenvalue weighted by molar-refractivity contribution is -0.125. The minimum atomic E-state index is -0.350. The van der Waals surface area contributed by atoms with Crippen molar-refractivity contribution >= 4 is 24.2 Å². The van der Waals surface area contributed by atoms with Gasteiger partial charge in [-0.15, -0.1) is 12.4 Å². The van der Waals surface area contributed by atoms with Crippen LogP contribution < -0.4 is 16.4 Å². The van der Waals surface area contributed by atoms with Gasteiger partial charge in [-0.3, -0.25) is 9.59 Å². The minimum absolute atomic E-state index is 0. The summed E-state index contributed by atoms with van der Waals surface area (Å²) in [5, 5.41) is 5.54. The lowest BCUT2D eigenvalue weighted by Crippen LogP contribution is -2.39. The molecule has 0 aliphatic heterocycles. The summed E-state index contributed by atoms with van der Waals surface area (Å²) in [4.78, 5) is 23.4. The zero-order valence-corrected chi connectivity index (χ0v) is 13.3. The van der Waals surface area contributed by atoms with E-state index in [1.54, 1.807) is 0 Å². The standard InChI is InChI=1S/C15H23N3O2.ClH/c1-11(2)14(19)17-8-9-18-15(20)13(10-16)12-6-4-3-5-7-12;/h3-7,11,13H,8-10,16H2,1-2H3,(H,17,19)(H,18,20);1H. The molecule has 1 aromatic rings. The zero-order chi connectivity index (χ0) is 15.0. The Morgan fingerprint density at radius 2 is 1.57 bits per heavy atom. The van der Waals surface area contributed by atoms with Gasteiger partial charge in [-0.1, -0.05) is 44.2 Å². The Morgan fingerprint density at radius 1 is 1.05 bits per heavy atom. The average Bonchev–Trinajstić information content (AvgIpc) is 2.45. The molecular formula is C15H24ClN3O2. The Hall–Kier alpha value is -1.59. The van der Waals surface area contributed by atoms with Gasteiger partial charge >= 0.3 is 0 Å². The summed E-state index contributed by atoms with van der Waals surface area (Å²) in [5.74, 6) is -0.529. The van der Waals surface area contributed by atoms with Crippen molar-refractivity contribution in [2.24, 2.45) is 11.7 Å². The van der Waals surface area contributed by atoms with E-state index in [-0.39, 0.29) is 42.6 Å². The maximum absolute atomic E-state index is 12.0. The smallest absolute Gasteiger partial charge is 0.228 e. The largest absolute Gasteiger partial charge is 0.354 e. The van der Waals surface area contributed by atoms with Gasteiger partial charge in [-0.25, -0.2) is 0 Å². The number of hydrogen-bond acceptors (Lipinski definition) is 3. The van der Waals surface area contributed by atoms with Gasteiger partial charge in [-0.05, 0) is 5.56 Å². The zero-order valence-electron chi connectivity index (χ0n) is 12.5. The maximum Gasteiger partial charge on any atom is 0.228 e. The molecule has 6 heteroatoms. The van der Waals surface area contributed by atoms with Gasteiger partial charge in [0.1, 0.15) is 0 Å². The second kappa shape index (κ2) is 10.2. The monoisotopic (exact) mass is 313 g/mol. The van der Waals surface area contributed by atoms with Crippen molar-refractivity contribution in [3.05, 3.63) is 35.9 Å². The Balaban J connectivity index is 0.00000400. The second-order valence-corrected chi connectivity index (χ2v) is 4.94. The minimum Gasteiger partial charge on any atom is -0.354 e. The molecule has 2 amide bonds. The summed E-state index contributed by atoms with van der Waals surface area (Å²) in [6, 6.07) is 9.44. The van der Waals surface area contributed by atoms with Crippen LogP contribution in [0.2, 0.25) is 0 Å². The first-order chi connectivity index (χ1) is 9.56. The summed E-state index contributed by atoms with van der Waals surface area (Å²) in [6.07, 6.45) is 0. The quantitative estimate of drug-likeness (QED) is 0.658. The predicted molar refractivity (Wildman–Crippen MR) is 86.3 cm³/mol. The van der Waals surface area contributed by atoms with Crippen LogP contribution in [0.1, 0.15) is 25.3 Å². The molecule has 5 nitrogen and oxygen atoms in total. The van der Waals surface area contributed by atoms with E-state index in [2.05, 4.69) is 10.6 Å². The molecule has 1 unspecified atom stereocenters. The summed E-state index contributed by atoms with van der Waals surface area (Å²) in [6.45, 7) is 4.74. The average molecular weight is 314 g/mol.